The Morgan fingerprint density at radius 3 is 2.68 bits per heavy atom. The van der Waals surface area contributed by atoms with E-state index in [2.05, 4.69) is 11.1 Å². The smallest absolute Gasteiger partial charge is 0.263 e. The molecule has 1 amide bonds. The molecular weight excluding hydrogens is 386 g/mol. The number of para-hydroxylation sites is 1. The zero-order valence-corrected chi connectivity index (χ0v) is 17.8. The van der Waals surface area contributed by atoms with Gasteiger partial charge in [-0.05, 0) is 50.0 Å². The minimum Gasteiger partial charge on any atom is -0.479 e. The second kappa shape index (κ2) is 9.01. The number of fused-ring (bicyclic) bond motifs is 1. The number of carbonyl (C=O) groups is 1. The molecule has 0 radical (unpaired) electrons. The van der Waals surface area contributed by atoms with Crippen molar-refractivity contribution < 1.29 is 9.53 Å². The minimum absolute atomic E-state index is 0.00000441. The highest BCUT2D eigenvalue weighted by atomic mass is 16.5. The molecule has 2 atom stereocenters. The van der Waals surface area contributed by atoms with E-state index in [0.29, 0.717) is 25.1 Å². The molecule has 0 bridgehead atoms. The summed E-state index contributed by atoms with van der Waals surface area (Å²) in [5.74, 6) is 0.567. The number of allylic oxidation sites excluding steroid dienone is 1. The molecule has 1 aliphatic rings. The molecule has 5 heteroatoms. The fourth-order valence-electron chi connectivity index (χ4n) is 4.20. The zero-order chi connectivity index (χ0) is 21.8. The summed E-state index contributed by atoms with van der Waals surface area (Å²) in [5.41, 5.74) is 3.53. The number of piperidine rings is 1. The van der Waals surface area contributed by atoms with Gasteiger partial charge in [-0.1, -0.05) is 48.5 Å². The number of nitrogens with zero attached hydrogens (tertiary/aromatic N) is 3. The number of hydrogen-bond donors (Lipinski definition) is 0. The number of carbonyl (C=O) groups excluding carboxylic acids is 1. The van der Waals surface area contributed by atoms with Gasteiger partial charge in [-0.15, -0.1) is 0 Å². The first-order valence-corrected chi connectivity index (χ1v) is 10.6. The van der Waals surface area contributed by atoms with Crippen LogP contribution in [0.4, 0.5) is 0 Å². The molecule has 2 unspecified atom stereocenters. The monoisotopic (exact) mass is 411 g/mol. The number of nitriles is 1. The Morgan fingerprint density at radius 1 is 1.16 bits per heavy atom. The van der Waals surface area contributed by atoms with Crippen molar-refractivity contribution in [3.05, 3.63) is 78.0 Å². The van der Waals surface area contributed by atoms with E-state index in [0.717, 1.165) is 27.6 Å². The van der Waals surface area contributed by atoms with Crippen LogP contribution in [-0.4, -0.2) is 34.5 Å². The van der Waals surface area contributed by atoms with E-state index >= 15 is 0 Å². The van der Waals surface area contributed by atoms with E-state index in [4.69, 9.17) is 4.74 Å². The van der Waals surface area contributed by atoms with E-state index in [-0.39, 0.29) is 11.9 Å². The Morgan fingerprint density at radius 2 is 1.94 bits per heavy atom. The Labute approximate surface area is 182 Å². The van der Waals surface area contributed by atoms with E-state index in [1.807, 2.05) is 72.5 Å². The number of amides is 1. The summed E-state index contributed by atoms with van der Waals surface area (Å²) >= 11 is 0. The van der Waals surface area contributed by atoms with Crippen LogP contribution in [0.3, 0.4) is 0 Å². The highest BCUT2D eigenvalue weighted by Crippen LogP contribution is 2.30. The van der Waals surface area contributed by atoms with Gasteiger partial charge in [-0.25, -0.2) is 0 Å². The Hall–Kier alpha value is -3.65. The lowest BCUT2D eigenvalue weighted by Crippen LogP contribution is -2.48. The SMILES string of the molecule is CC(Oc1cccc2cccnc12)C(=O)N1CC/C(=C(\C#N)c2ccccc2)CC1C. The van der Waals surface area contributed by atoms with Crippen molar-refractivity contribution in [3.63, 3.8) is 0 Å². The van der Waals surface area contributed by atoms with Gasteiger partial charge in [0.25, 0.3) is 5.91 Å². The summed E-state index contributed by atoms with van der Waals surface area (Å²) in [4.78, 5) is 19.4. The molecule has 0 spiro atoms. The number of likely N-dealkylation sites (tertiary alicyclic amines) is 1. The topological polar surface area (TPSA) is 66.2 Å². The van der Waals surface area contributed by atoms with E-state index in [1.54, 1.807) is 13.1 Å². The highest BCUT2D eigenvalue weighted by molar-refractivity contribution is 5.86. The molecule has 0 N–H and O–H groups in total. The number of aromatic nitrogens is 1. The fourth-order valence-corrected chi connectivity index (χ4v) is 4.20. The van der Waals surface area contributed by atoms with Crippen molar-refractivity contribution in [1.29, 1.82) is 5.26 Å². The largest absolute Gasteiger partial charge is 0.479 e. The van der Waals surface area contributed by atoms with Gasteiger partial charge in [-0.2, -0.15) is 5.26 Å². The van der Waals surface area contributed by atoms with Crippen molar-refractivity contribution in [2.24, 2.45) is 0 Å². The summed E-state index contributed by atoms with van der Waals surface area (Å²) < 4.78 is 6.04. The van der Waals surface area contributed by atoms with Crippen LogP contribution in [0.15, 0.2) is 72.4 Å². The third-order valence-corrected chi connectivity index (χ3v) is 5.79. The summed E-state index contributed by atoms with van der Waals surface area (Å²) in [6, 6.07) is 21.7. The molecule has 0 aliphatic carbocycles. The summed E-state index contributed by atoms with van der Waals surface area (Å²) in [5, 5.41) is 10.7. The van der Waals surface area contributed by atoms with E-state index in [1.165, 1.54) is 0 Å². The number of benzene rings is 2. The Kier molecular flexibility index (Phi) is 5.99. The highest BCUT2D eigenvalue weighted by Gasteiger charge is 2.31. The molecule has 5 nitrogen and oxygen atoms in total. The number of ether oxygens (including phenoxy) is 1. The lowest BCUT2D eigenvalue weighted by Gasteiger charge is -2.36. The molecule has 1 aromatic heterocycles. The average molecular weight is 412 g/mol. The van der Waals surface area contributed by atoms with Gasteiger partial charge >= 0.3 is 0 Å². The van der Waals surface area contributed by atoms with Crippen LogP contribution in [0, 0.1) is 11.3 Å². The molecule has 31 heavy (non-hydrogen) atoms. The van der Waals surface area contributed by atoms with Crippen LogP contribution >= 0.6 is 0 Å². The minimum atomic E-state index is -0.620. The third-order valence-electron chi connectivity index (χ3n) is 5.79. The maximum absolute atomic E-state index is 13.2. The fraction of sp³-hybridized carbons (Fsp3) is 0.269. The third kappa shape index (κ3) is 4.29. The average Bonchev–Trinajstić information content (AvgIpc) is 2.80. The van der Waals surface area contributed by atoms with Crippen LogP contribution in [-0.2, 0) is 4.79 Å². The van der Waals surface area contributed by atoms with Crippen molar-refractivity contribution in [1.82, 2.24) is 9.88 Å². The normalized spacial score (nSPS) is 18.9. The van der Waals surface area contributed by atoms with Gasteiger partial charge in [-0.3, -0.25) is 9.78 Å². The molecule has 2 aromatic carbocycles. The molecule has 156 valence electrons. The van der Waals surface area contributed by atoms with Crippen molar-refractivity contribution in [2.75, 3.05) is 6.54 Å². The summed E-state index contributed by atoms with van der Waals surface area (Å²) in [6.45, 7) is 4.39. The van der Waals surface area contributed by atoms with Crippen LogP contribution in [0.25, 0.3) is 16.5 Å². The van der Waals surface area contributed by atoms with Gasteiger partial charge in [0.05, 0.1) is 11.6 Å². The van der Waals surface area contributed by atoms with Gasteiger partial charge in [0.1, 0.15) is 11.3 Å². The lowest BCUT2D eigenvalue weighted by atomic mass is 9.90. The number of pyridine rings is 1. The maximum Gasteiger partial charge on any atom is 0.263 e. The van der Waals surface area contributed by atoms with Crippen LogP contribution in [0.5, 0.6) is 5.75 Å². The zero-order valence-electron chi connectivity index (χ0n) is 17.8. The van der Waals surface area contributed by atoms with Crippen molar-refractivity contribution >= 4 is 22.4 Å². The van der Waals surface area contributed by atoms with Crippen molar-refractivity contribution in [3.8, 4) is 11.8 Å². The van der Waals surface area contributed by atoms with Crippen LogP contribution in [0.2, 0.25) is 0 Å². The Balaban J connectivity index is 1.49. The second-order valence-electron chi connectivity index (χ2n) is 7.88. The van der Waals surface area contributed by atoms with E-state index in [9.17, 15) is 10.1 Å². The molecule has 0 saturated carbocycles. The molecule has 3 aromatic rings. The first-order chi connectivity index (χ1) is 15.1. The predicted octanol–water partition coefficient (Wildman–Crippen LogP) is 4.99. The van der Waals surface area contributed by atoms with Crippen LogP contribution < -0.4 is 4.74 Å². The lowest BCUT2D eigenvalue weighted by molar-refractivity contribution is -0.140. The predicted molar refractivity (Wildman–Crippen MR) is 121 cm³/mol. The molecule has 1 aliphatic heterocycles. The first-order valence-electron chi connectivity index (χ1n) is 10.6. The Bertz CT molecular complexity index is 1160. The van der Waals surface area contributed by atoms with Gasteiger partial charge in [0, 0.05) is 24.2 Å². The van der Waals surface area contributed by atoms with Crippen LogP contribution in [0.1, 0.15) is 32.3 Å². The molecular formula is C26H25N3O2. The van der Waals surface area contributed by atoms with Gasteiger partial charge in [0.2, 0.25) is 0 Å². The maximum atomic E-state index is 13.2. The standard InChI is InChI=1S/C26H25N3O2/c1-18-16-22(23(17-27)20-8-4-3-5-9-20)13-15-29(18)26(30)19(2)31-24-12-6-10-21-11-7-14-28-25(21)24/h3-12,14,18-19H,13,15-16H2,1-2H3/b23-22-. The van der Waals surface area contributed by atoms with Gasteiger partial charge < -0.3 is 9.64 Å². The second-order valence-corrected chi connectivity index (χ2v) is 7.88. The van der Waals surface area contributed by atoms with E-state index < -0.39 is 6.10 Å². The number of rotatable bonds is 4. The summed E-state index contributed by atoms with van der Waals surface area (Å²) in [7, 11) is 0. The molecule has 2 heterocycles. The molecule has 1 saturated heterocycles. The first kappa shape index (κ1) is 20.6. The molecule has 4 rings (SSSR count). The van der Waals surface area contributed by atoms with Gasteiger partial charge in [0.15, 0.2) is 6.10 Å². The van der Waals surface area contributed by atoms with Crippen molar-refractivity contribution in [2.45, 2.75) is 38.8 Å². The number of hydrogen-bond acceptors (Lipinski definition) is 4. The quantitative estimate of drug-likeness (QED) is 0.567. The summed E-state index contributed by atoms with van der Waals surface area (Å²) in [6.07, 6.45) is 2.48. The molecule has 1 fully saturated rings.